The molecule has 35 heavy (non-hydrogen) atoms. The average molecular weight is 473 g/mol. The first-order valence-electron chi connectivity index (χ1n) is 11.6. The lowest BCUT2D eigenvalue weighted by Gasteiger charge is -2.32. The number of anilines is 6. The van der Waals surface area contributed by atoms with Gasteiger partial charge in [0.2, 0.25) is 17.8 Å². The van der Waals surface area contributed by atoms with Crippen molar-refractivity contribution >= 4 is 40.6 Å². The number of hydrogen-bond donors (Lipinski definition) is 4. The number of nitrogens with one attached hydrogen (secondary N) is 3. The standard InChI is InChI=1S/C25H32N10/c1-5-7-8-18(6-2)21-16-22(33-32-21)28-24-29-23(27-19-10-9-17(3)20(26)15-19)30-25(31-24)35-13-11-34(4)12-14-35/h5-10,15-16H,1,11-14,26H2,2-4H3,(H3,27,28,29,30,31,32,33)/b8-7-,18-6+. The van der Waals surface area contributed by atoms with Gasteiger partial charge in [0, 0.05) is 43.6 Å². The maximum absolute atomic E-state index is 6.09. The molecule has 3 heterocycles. The summed E-state index contributed by atoms with van der Waals surface area (Å²) < 4.78 is 0. The van der Waals surface area contributed by atoms with Crippen LogP contribution in [0.25, 0.3) is 5.57 Å². The second kappa shape index (κ2) is 10.8. The number of piperazine rings is 1. The third kappa shape index (κ3) is 6.04. The van der Waals surface area contributed by atoms with Crippen LogP contribution >= 0.6 is 0 Å². The van der Waals surface area contributed by atoms with E-state index in [1.54, 1.807) is 6.08 Å². The molecule has 0 unspecified atom stereocenters. The number of nitrogens with two attached hydrogens (primary N) is 1. The number of aryl methyl sites for hydroxylation is 1. The Bertz CT molecular complexity index is 1230. The van der Waals surface area contributed by atoms with Gasteiger partial charge in [-0.2, -0.15) is 20.1 Å². The van der Waals surface area contributed by atoms with E-state index in [-0.39, 0.29) is 0 Å². The number of likely N-dealkylation sites (N-methyl/N-ethyl adjacent to an activating group) is 1. The summed E-state index contributed by atoms with van der Waals surface area (Å²) in [6.45, 7) is 11.2. The number of aromatic amines is 1. The van der Waals surface area contributed by atoms with Crippen LogP contribution in [0.3, 0.4) is 0 Å². The Morgan fingerprint density at radius 2 is 1.83 bits per heavy atom. The van der Waals surface area contributed by atoms with Crippen LogP contribution in [0.4, 0.5) is 35.0 Å². The molecule has 5 N–H and O–H groups in total. The van der Waals surface area contributed by atoms with Crippen molar-refractivity contribution in [1.82, 2.24) is 30.0 Å². The molecule has 10 heteroatoms. The van der Waals surface area contributed by atoms with Gasteiger partial charge in [-0.05, 0) is 44.2 Å². The monoisotopic (exact) mass is 472 g/mol. The van der Waals surface area contributed by atoms with Crippen molar-refractivity contribution in [3.05, 3.63) is 66.4 Å². The average Bonchev–Trinajstić information content (AvgIpc) is 3.30. The predicted octanol–water partition coefficient (Wildman–Crippen LogP) is 3.87. The van der Waals surface area contributed by atoms with Gasteiger partial charge < -0.3 is 26.2 Å². The summed E-state index contributed by atoms with van der Waals surface area (Å²) in [5.74, 6) is 2.04. The highest BCUT2D eigenvalue weighted by Gasteiger charge is 2.19. The van der Waals surface area contributed by atoms with Gasteiger partial charge in [0.15, 0.2) is 5.82 Å². The van der Waals surface area contributed by atoms with Crippen molar-refractivity contribution in [2.24, 2.45) is 0 Å². The molecule has 1 saturated heterocycles. The molecule has 1 aromatic carbocycles. The molecule has 10 nitrogen and oxygen atoms in total. The SMILES string of the molecule is C=C/C=C\C(=C/C)c1cc(Nc2nc(Nc3ccc(C)c(N)c3)nc(N3CCN(C)CC3)n2)n[nH]1. The molecule has 0 atom stereocenters. The summed E-state index contributed by atoms with van der Waals surface area (Å²) in [5, 5.41) is 13.9. The Morgan fingerprint density at radius 3 is 2.51 bits per heavy atom. The molecule has 1 aliphatic heterocycles. The molecular formula is C25H32N10. The Morgan fingerprint density at radius 1 is 1.09 bits per heavy atom. The number of rotatable bonds is 8. The summed E-state index contributed by atoms with van der Waals surface area (Å²) >= 11 is 0. The summed E-state index contributed by atoms with van der Waals surface area (Å²) in [4.78, 5) is 18.4. The summed E-state index contributed by atoms with van der Waals surface area (Å²) in [5.41, 5.74) is 10.5. The summed E-state index contributed by atoms with van der Waals surface area (Å²) in [7, 11) is 2.12. The third-order valence-electron chi connectivity index (χ3n) is 5.80. The fraction of sp³-hybridized carbons (Fsp3) is 0.280. The number of H-pyrrole nitrogens is 1. The van der Waals surface area contributed by atoms with E-state index in [1.807, 2.05) is 56.3 Å². The van der Waals surface area contributed by atoms with E-state index in [2.05, 4.69) is 59.2 Å². The third-order valence-corrected chi connectivity index (χ3v) is 5.80. The minimum atomic E-state index is 0.401. The molecule has 0 spiro atoms. The van der Waals surface area contributed by atoms with Crippen molar-refractivity contribution in [3.8, 4) is 0 Å². The Kier molecular flexibility index (Phi) is 7.41. The van der Waals surface area contributed by atoms with Crippen molar-refractivity contribution < 1.29 is 0 Å². The van der Waals surface area contributed by atoms with Gasteiger partial charge >= 0.3 is 0 Å². The van der Waals surface area contributed by atoms with E-state index >= 15 is 0 Å². The fourth-order valence-electron chi connectivity index (χ4n) is 3.63. The minimum absolute atomic E-state index is 0.401. The molecule has 0 aliphatic carbocycles. The lowest BCUT2D eigenvalue weighted by atomic mass is 10.1. The first-order chi connectivity index (χ1) is 16.9. The Hall–Kier alpha value is -4.18. The topological polar surface area (TPSA) is 124 Å². The maximum atomic E-state index is 6.09. The quantitative estimate of drug-likeness (QED) is 0.286. The zero-order chi connectivity index (χ0) is 24.8. The van der Waals surface area contributed by atoms with Crippen molar-refractivity contribution in [1.29, 1.82) is 0 Å². The zero-order valence-corrected chi connectivity index (χ0v) is 20.4. The molecule has 2 aromatic heterocycles. The van der Waals surface area contributed by atoms with Crippen LogP contribution < -0.4 is 21.3 Å². The highest BCUT2D eigenvalue weighted by atomic mass is 15.4. The normalized spacial score (nSPS) is 14.9. The van der Waals surface area contributed by atoms with Gasteiger partial charge in [0.25, 0.3) is 0 Å². The predicted molar refractivity (Wildman–Crippen MR) is 143 cm³/mol. The van der Waals surface area contributed by atoms with E-state index in [4.69, 9.17) is 5.73 Å². The van der Waals surface area contributed by atoms with E-state index in [9.17, 15) is 0 Å². The van der Waals surface area contributed by atoms with Crippen LogP contribution in [0.1, 0.15) is 18.2 Å². The highest BCUT2D eigenvalue weighted by molar-refractivity contribution is 5.73. The first kappa shape index (κ1) is 24.0. The number of aromatic nitrogens is 5. The van der Waals surface area contributed by atoms with Crippen LogP contribution in [0.2, 0.25) is 0 Å². The van der Waals surface area contributed by atoms with Crippen molar-refractivity contribution in [3.63, 3.8) is 0 Å². The van der Waals surface area contributed by atoms with Crippen LogP contribution in [0.15, 0.2) is 55.1 Å². The highest BCUT2D eigenvalue weighted by Crippen LogP contribution is 2.24. The van der Waals surface area contributed by atoms with Crippen molar-refractivity contribution in [2.45, 2.75) is 13.8 Å². The molecule has 3 aromatic rings. The second-order valence-electron chi connectivity index (χ2n) is 8.40. The van der Waals surface area contributed by atoms with Gasteiger partial charge in [-0.25, -0.2) is 0 Å². The van der Waals surface area contributed by atoms with Gasteiger partial charge in [0.1, 0.15) is 0 Å². The van der Waals surface area contributed by atoms with Crippen LogP contribution in [0.5, 0.6) is 0 Å². The Labute approximate surface area is 205 Å². The number of allylic oxidation sites excluding steroid dienone is 5. The molecule has 0 radical (unpaired) electrons. The van der Waals surface area contributed by atoms with Crippen LogP contribution in [0, 0.1) is 6.92 Å². The number of benzene rings is 1. The second-order valence-corrected chi connectivity index (χ2v) is 8.40. The van der Waals surface area contributed by atoms with Gasteiger partial charge in [0.05, 0.1) is 5.69 Å². The van der Waals surface area contributed by atoms with E-state index in [0.717, 1.165) is 48.7 Å². The first-order valence-corrected chi connectivity index (χ1v) is 11.6. The largest absolute Gasteiger partial charge is 0.398 e. The summed E-state index contributed by atoms with van der Waals surface area (Å²) in [6, 6.07) is 7.70. The van der Waals surface area contributed by atoms with Crippen molar-refractivity contribution in [2.75, 3.05) is 54.5 Å². The van der Waals surface area contributed by atoms with Crippen LogP contribution in [-0.4, -0.2) is 63.3 Å². The molecule has 1 fully saturated rings. The molecule has 1 aliphatic rings. The zero-order valence-electron chi connectivity index (χ0n) is 20.4. The lowest BCUT2D eigenvalue weighted by Crippen LogP contribution is -2.45. The molecular weight excluding hydrogens is 440 g/mol. The molecule has 4 rings (SSSR count). The summed E-state index contributed by atoms with van der Waals surface area (Å²) in [6.07, 6.45) is 7.59. The van der Waals surface area contributed by atoms with E-state index in [0.29, 0.717) is 29.4 Å². The minimum Gasteiger partial charge on any atom is -0.398 e. The number of nitrogen functional groups attached to an aromatic ring is 1. The molecule has 0 amide bonds. The fourth-order valence-corrected chi connectivity index (χ4v) is 3.63. The van der Waals surface area contributed by atoms with Gasteiger partial charge in [-0.15, -0.1) is 0 Å². The van der Waals surface area contributed by atoms with E-state index < -0.39 is 0 Å². The number of nitrogens with zero attached hydrogens (tertiary/aromatic N) is 6. The van der Waals surface area contributed by atoms with Crippen LogP contribution in [-0.2, 0) is 0 Å². The van der Waals surface area contributed by atoms with Gasteiger partial charge in [-0.1, -0.05) is 36.9 Å². The number of hydrogen-bond acceptors (Lipinski definition) is 9. The smallest absolute Gasteiger partial charge is 0.235 e. The van der Waals surface area contributed by atoms with E-state index in [1.165, 1.54) is 0 Å². The Balaban J connectivity index is 1.62. The molecule has 0 saturated carbocycles. The maximum Gasteiger partial charge on any atom is 0.235 e. The molecule has 0 bridgehead atoms. The lowest BCUT2D eigenvalue weighted by molar-refractivity contribution is 0.311. The molecule has 182 valence electrons. The van der Waals surface area contributed by atoms with Gasteiger partial charge in [-0.3, -0.25) is 5.10 Å².